The van der Waals surface area contributed by atoms with Gasteiger partial charge in [-0.25, -0.2) is 4.79 Å². The topological polar surface area (TPSA) is 55.8 Å². The Hall–Kier alpha value is -2.47. The number of rotatable bonds is 3. The molecule has 2 aliphatic heterocycles. The van der Waals surface area contributed by atoms with E-state index in [2.05, 4.69) is 24.3 Å². The fourth-order valence-corrected chi connectivity index (χ4v) is 4.41. The molecule has 2 aromatic carbocycles. The second-order valence-electron chi connectivity index (χ2n) is 6.01. The molecule has 2 heterocycles. The minimum atomic E-state index is -0.578. The maximum absolute atomic E-state index is 12.5. The molecule has 0 radical (unpaired) electrons. The first-order valence-corrected chi connectivity index (χ1v) is 9.07. The highest BCUT2D eigenvalue weighted by Crippen LogP contribution is 2.35. The number of hydrogen-bond donors (Lipinski definition) is 0. The van der Waals surface area contributed by atoms with Gasteiger partial charge in [0.15, 0.2) is 0 Å². The number of carbonyl (C=O) groups is 2. The van der Waals surface area contributed by atoms with Crippen molar-refractivity contribution in [2.24, 2.45) is 0 Å². The Morgan fingerprint density at radius 3 is 2.88 bits per heavy atom. The summed E-state index contributed by atoms with van der Waals surface area (Å²) in [4.78, 5) is 25.7. The van der Waals surface area contributed by atoms with E-state index < -0.39 is 17.6 Å². The Labute approximate surface area is 149 Å². The van der Waals surface area contributed by atoms with E-state index in [9.17, 15) is 9.59 Å². The minimum absolute atomic E-state index is 0.201. The first-order chi connectivity index (χ1) is 12.2. The van der Waals surface area contributed by atoms with Crippen LogP contribution in [0.4, 0.5) is 0 Å². The summed E-state index contributed by atoms with van der Waals surface area (Å²) in [6, 6.07) is 13.8. The van der Waals surface area contributed by atoms with Gasteiger partial charge >= 0.3 is 5.97 Å². The van der Waals surface area contributed by atoms with E-state index in [0.29, 0.717) is 17.9 Å². The fourth-order valence-electron chi connectivity index (χ4n) is 3.17. The van der Waals surface area contributed by atoms with E-state index in [4.69, 9.17) is 9.47 Å². The summed E-state index contributed by atoms with van der Waals surface area (Å²) in [5.41, 5.74) is 0.621. The zero-order chi connectivity index (χ0) is 17.4. The zero-order valence-corrected chi connectivity index (χ0v) is 14.5. The van der Waals surface area contributed by atoms with Gasteiger partial charge in [-0.15, -0.1) is 0 Å². The number of esters is 1. The quantitative estimate of drug-likeness (QED) is 0.793. The Kier molecular flexibility index (Phi) is 4.13. The normalized spacial score (nSPS) is 22.4. The summed E-state index contributed by atoms with van der Waals surface area (Å²) in [5, 5.41) is 2.34. The Morgan fingerprint density at radius 1 is 1.28 bits per heavy atom. The molecular weight excluding hydrogens is 338 g/mol. The summed E-state index contributed by atoms with van der Waals surface area (Å²) in [6.07, 6.45) is 2.03. The molecule has 0 aliphatic carbocycles. The molecule has 0 bridgehead atoms. The number of ether oxygens (including phenoxy) is 2. The SMILES string of the molecule is COC(=O)[C@@H]1CS[C@H]2OC(Cc3ccc4ccccc4c3)=CC(=O)N21. The third kappa shape index (κ3) is 2.98. The van der Waals surface area contributed by atoms with Crippen LogP contribution in [0.25, 0.3) is 10.8 Å². The zero-order valence-electron chi connectivity index (χ0n) is 13.7. The van der Waals surface area contributed by atoms with E-state index >= 15 is 0 Å². The minimum Gasteiger partial charge on any atom is -0.467 e. The van der Waals surface area contributed by atoms with Crippen LogP contribution in [0.15, 0.2) is 54.3 Å². The highest BCUT2D eigenvalue weighted by Gasteiger charge is 2.45. The van der Waals surface area contributed by atoms with Crippen molar-refractivity contribution in [1.82, 2.24) is 4.90 Å². The lowest BCUT2D eigenvalue weighted by Gasteiger charge is -2.31. The molecule has 0 unspecified atom stereocenters. The Balaban J connectivity index is 1.55. The second-order valence-corrected chi connectivity index (χ2v) is 7.08. The van der Waals surface area contributed by atoms with Gasteiger partial charge in [0.05, 0.1) is 7.11 Å². The third-order valence-electron chi connectivity index (χ3n) is 4.42. The van der Waals surface area contributed by atoms with Crippen LogP contribution >= 0.6 is 11.8 Å². The van der Waals surface area contributed by atoms with E-state index in [1.54, 1.807) is 0 Å². The van der Waals surface area contributed by atoms with Crippen molar-refractivity contribution in [2.75, 3.05) is 12.9 Å². The van der Waals surface area contributed by atoms with Crippen LogP contribution in [0.1, 0.15) is 5.56 Å². The molecule has 5 nitrogen and oxygen atoms in total. The molecule has 6 heteroatoms. The molecule has 25 heavy (non-hydrogen) atoms. The van der Waals surface area contributed by atoms with Crippen LogP contribution in [0.2, 0.25) is 0 Å². The average molecular weight is 355 g/mol. The molecule has 2 atom stereocenters. The molecule has 1 saturated heterocycles. The first kappa shape index (κ1) is 16.0. The number of amides is 1. The molecule has 4 rings (SSSR count). The maximum atomic E-state index is 12.5. The van der Waals surface area contributed by atoms with Gasteiger partial charge in [-0.3, -0.25) is 9.69 Å². The highest BCUT2D eigenvalue weighted by atomic mass is 32.2. The molecule has 0 saturated carbocycles. The van der Waals surface area contributed by atoms with Gasteiger partial charge < -0.3 is 9.47 Å². The molecule has 2 aromatic rings. The maximum Gasteiger partial charge on any atom is 0.329 e. The van der Waals surface area contributed by atoms with Crippen molar-refractivity contribution in [3.8, 4) is 0 Å². The summed E-state index contributed by atoms with van der Waals surface area (Å²) in [5.74, 6) is 0.505. The summed E-state index contributed by atoms with van der Waals surface area (Å²) >= 11 is 1.44. The average Bonchev–Trinajstić information content (AvgIpc) is 3.05. The van der Waals surface area contributed by atoms with Crippen LogP contribution in [-0.2, 0) is 25.5 Å². The molecule has 128 valence electrons. The van der Waals surface area contributed by atoms with Crippen molar-refractivity contribution < 1.29 is 19.1 Å². The number of carbonyl (C=O) groups excluding carboxylic acids is 2. The monoisotopic (exact) mass is 355 g/mol. The number of allylic oxidation sites excluding steroid dienone is 1. The van der Waals surface area contributed by atoms with Crippen molar-refractivity contribution in [2.45, 2.75) is 18.0 Å². The van der Waals surface area contributed by atoms with Crippen molar-refractivity contribution in [3.63, 3.8) is 0 Å². The fraction of sp³-hybridized carbons (Fsp3) is 0.263. The van der Waals surface area contributed by atoms with Crippen LogP contribution < -0.4 is 0 Å². The number of benzene rings is 2. The van der Waals surface area contributed by atoms with E-state index in [-0.39, 0.29) is 5.91 Å². The number of hydrogen-bond acceptors (Lipinski definition) is 5. The standard InChI is InChI=1S/C19H17NO4S/c1-23-18(22)16-11-25-19-20(16)17(21)10-15(24-19)9-12-6-7-13-4-2-3-5-14(13)8-12/h2-8,10,16,19H,9,11H2,1H3/t16-,19+/m0/s1. The predicted octanol–water partition coefficient (Wildman–Crippen LogP) is 2.70. The predicted molar refractivity (Wildman–Crippen MR) is 95.7 cm³/mol. The number of methoxy groups -OCH3 is 1. The van der Waals surface area contributed by atoms with Gasteiger partial charge in [0.25, 0.3) is 5.91 Å². The molecule has 0 N–H and O–H groups in total. The summed E-state index contributed by atoms with van der Waals surface area (Å²) < 4.78 is 10.7. The van der Waals surface area contributed by atoms with Gasteiger partial charge in [0.1, 0.15) is 11.8 Å². The van der Waals surface area contributed by atoms with Crippen molar-refractivity contribution in [1.29, 1.82) is 0 Å². The Bertz CT molecular complexity index is 879. The lowest BCUT2D eigenvalue weighted by atomic mass is 10.0. The van der Waals surface area contributed by atoms with Crippen LogP contribution in [0.3, 0.4) is 0 Å². The third-order valence-corrected chi connectivity index (χ3v) is 5.53. The number of thioether (sulfide) groups is 1. The molecule has 1 amide bonds. The largest absolute Gasteiger partial charge is 0.467 e. The lowest BCUT2D eigenvalue weighted by Crippen LogP contribution is -2.48. The lowest BCUT2D eigenvalue weighted by molar-refractivity contribution is -0.155. The van der Waals surface area contributed by atoms with Crippen LogP contribution in [0, 0.1) is 0 Å². The van der Waals surface area contributed by atoms with Gasteiger partial charge in [-0.1, -0.05) is 54.2 Å². The molecule has 2 aliphatic rings. The van der Waals surface area contributed by atoms with E-state index in [0.717, 1.165) is 10.9 Å². The second kappa shape index (κ2) is 6.44. The van der Waals surface area contributed by atoms with Crippen molar-refractivity contribution in [3.05, 3.63) is 59.9 Å². The number of fused-ring (bicyclic) bond motifs is 2. The molecule has 1 fully saturated rings. The van der Waals surface area contributed by atoms with E-state index in [1.807, 2.05) is 18.2 Å². The Morgan fingerprint density at radius 2 is 2.08 bits per heavy atom. The van der Waals surface area contributed by atoms with Gasteiger partial charge in [-0.2, -0.15) is 0 Å². The highest BCUT2D eigenvalue weighted by molar-refractivity contribution is 8.00. The molecular formula is C19H17NO4S. The van der Waals surface area contributed by atoms with Gasteiger partial charge in [0.2, 0.25) is 5.56 Å². The molecule has 0 aromatic heterocycles. The van der Waals surface area contributed by atoms with Gasteiger partial charge in [-0.05, 0) is 16.3 Å². The number of nitrogens with zero attached hydrogens (tertiary/aromatic N) is 1. The van der Waals surface area contributed by atoms with Crippen LogP contribution in [-0.4, -0.2) is 41.2 Å². The summed E-state index contributed by atoms with van der Waals surface area (Å²) in [7, 11) is 1.33. The first-order valence-electron chi connectivity index (χ1n) is 8.02. The smallest absolute Gasteiger partial charge is 0.329 e. The van der Waals surface area contributed by atoms with Crippen LogP contribution in [0.5, 0.6) is 0 Å². The van der Waals surface area contributed by atoms with E-state index in [1.165, 1.54) is 35.2 Å². The summed E-state index contributed by atoms with van der Waals surface area (Å²) in [6.45, 7) is 0. The van der Waals surface area contributed by atoms with Crippen molar-refractivity contribution >= 4 is 34.4 Å². The van der Waals surface area contributed by atoms with Gasteiger partial charge in [0, 0.05) is 18.2 Å². The molecule has 0 spiro atoms.